The van der Waals surface area contributed by atoms with Gasteiger partial charge in [-0.2, -0.15) is 8.78 Å². The fourth-order valence-corrected chi connectivity index (χ4v) is 0.440. The normalized spacial score (nSPS) is 18.1. The molecule has 0 heterocycles. The van der Waals surface area contributed by atoms with E-state index in [9.17, 15) is 13.6 Å². The Bertz CT molecular complexity index is 130. The smallest absolute Gasteiger partial charge is 0.329 e. The Kier molecular flexibility index (Phi) is 2.91. The van der Waals surface area contributed by atoms with E-state index < -0.39 is 16.9 Å². The first-order chi connectivity index (χ1) is 4.31. The number of aldehydes is 1. The lowest BCUT2D eigenvalue weighted by molar-refractivity contribution is -0.128. The molecule has 0 saturated carbocycles. The molecule has 1 atom stereocenters. The maximum atomic E-state index is 12.2. The van der Waals surface area contributed by atoms with Crippen molar-refractivity contribution in [2.45, 2.75) is 23.8 Å². The number of hydrogen-bond acceptors (Lipinski definition) is 2. The van der Waals surface area contributed by atoms with E-state index in [0.29, 0.717) is 0 Å². The van der Waals surface area contributed by atoms with Crippen LogP contribution in [0.25, 0.3) is 0 Å². The molecular formula is C5H7BrF2O2. The van der Waals surface area contributed by atoms with Crippen LogP contribution >= 0.6 is 15.9 Å². The van der Waals surface area contributed by atoms with Gasteiger partial charge in [0.05, 0.1) is 0 Å². The second-order valence-corrected chi connectivity index (χ2v) is 3.14. The van der Waals surface area contributed by atoms with Crippen LogP contribution in [0.15, 0.2) is 0 Å². The zero-order valence-electron chi connectivity index (χ0n) is 5.27. The molecule has 0 aromatic heterocycles. The van der Waals surface area contributed by atoms with Gasteiger partial charge in [-0.1, -0.05) is 0 Å². The summed E-state index contributed by atoms with van der Waals surface area (Å²) in [5.41, 5.74) is -2.30. The van der Waals surface area contributed by atoms with Crippen LogP contribution in [-0.4, -0.2) is 21.8 Å². The summed E-state index contributed by atoms with van der Waals surface area (Å²) in [4.78, 5) is 6.34. The number of aliphatic hydroxyl groups is 1. The van der Waals surface area contributed by atoms with Gasteiger partial charge in [-0.05, 0) is 22.9 Å². The van der Waals surface area contributed by atoms with Gasteiger partial charge in [-0.25, -0.2) is 0 Å². The van der Waals surface area contributed by atoms with E-state index in [1.165, 1.54) is 0 Å². The van der Waals surface area contributed by atoms with E-state index in [1.807, 2.05) is 15.9 Å². The Balaban J connectivity index is 4.23. The van der Waals surface area contributed by atoms with Crippen LogP contribution in [0.2, 0.25) is 0 Å². The van der Waals surface area contributed by atoms with Crippen molar-refractivity contribution in [3.8, 4) is 0 Å². The molecule has 1 unspecified atom stereocenters. The standard InChI is InChI=1S/C5H7BrF2O2/c1-4(10,2-3-9)5(6,7)8/h3,10H,2H2,1H3. The Morgan fingerprint density at radius 2 is 2.10 bits per heavy atom. The van der Waals surface area contributed by atoms with Crippen molar-refractivity contribution in [3.05, 3.63) is 0 Å². The second kappa shape index (κ2) is 2.92. The van der Waals surface area contributed by atoms with Gasteiger partial charge in [0.1, 0.15) is 11.9 Å². The Morgan fingerprint density at radius 3 is 2.20 bits per heavy atom. The lowest BCUT2D eigenvalue weighted by atomic mass is 10.1. The number of carbonyl (C=O) groups is 1. The van der Waals surface area contributed by atoms with Crippen molar-refractivity contribution in [1.29, 1.82) is 0 Å². The summed E-state index contributed by atoms with van der Waals surface area (Å²) in [6.07, 6.45) is -0.347. The van der Waals surface area contributed by atoms with E-state index in [4.69, 9.17) is 5.11 Å². The van der Waals surface area contributed by atoms with Gasteiger partial charge in [0.15, 0.2) is 0 Å². The fourth-order valence-electron chi connectivity index (χ4n) is 0.278. The molecule has 1 N–H and O–H groups in total. The molecule has 0 spiro atoms. The van der Waals surface area contributed by atoms with Crippen LogP contribution in [0.3, 0.4) is 0 Å². The number of halogens is 3. The van der Waals surface area contributed by atoms with Crippen LogP contribution in [-0.2, 0) is 4.79 Å². The van der Waals surface area contributed by atoms with E-state index in [2.05, 4.69) is 0 Å². The van der Waals surface area contributed by atoms with Crippen LogP contribution in [0.5, 0.6) is 0 Å². The SMILES string of the molecule is CC(O)(CC=O)C(F)(F)Br. The number of carbonyl (C=O) groups excluding carboxylic acids is 1. The van der Waals surface area contributed by atoms with Gasteiger partial charge >= 0.3 is 4.83 Å². The maximum Gasteiger partial charge on any atom is 0.329 e. The van der Waals surface area contributed by atoms with Crippen molar-refractivity contribution >= 4 is 22.2 Å². The summed E-state index contributed by atoms with van der Waals surface area (Å²) in [6, 6.07) is 0. The molecule has 0 aromatic carbocycles. The Morgan fingerprint density at radius 1 is 1.70 bits per heavy atom. The van der Waals surface area contributed by atoms with Crippen molar-refractivity contribution in [2.24, 2.45) is 0 Å². The average Bonchev–Trinajstić information content (AvgIpc) is 1.61. The van der Waals surface area contributed by atoms with Crippen molar-refractivity contribution in [3.63, 3.8) is 0 Å². The predicted molar refractivity (Wildman–Crippen MR) is 35.2 cm³/mol. The molecule has 0 aromatic rings. The molecule has 0 saturated heterocycles. The third-order valence-electron chi connectivity index (χ3n) is 1.09. The third-order valence-corrected chi connectivity index (χ3v) is 1.95. The van der Waals surface area contributed by atoms with Gasteiger partial charge in [-0.15, -0.1) is 0 Å². The van der Waals surface area contributed by atoms with Gasteiger partial charge < -0.3 is 9.90 Å². The molecule has 10 heavy (non-hydrogen) atoms. The first-order valence-corrected chi connectivity index (χ1v) is 3.33. The van der Waals surface area contributed by atoms with E-state index in [1.54, 1.807) is 0 Å². The number of alkyl halides is 3. The Hall–Kier alpha value is -0.0300. The second-order valence-electron chi connectivity index (χ2n) is 2.14. The highest BCUT2D eigenvalue weighted by atomic mass is 79.9. The van der Waals surface area contributed by atoms with Gasteiger partial charge in [-0.3, -0.25) is 0 Å². The molecule has 0 bridgehead atoms. The zero-order chi connectivity index (χ0) is 8.41. The molecule has 5 heteroatoms. The number of rotatable bonds is 3. The summed E-state index contributed by atoms with van der Waals surface area (Å²) in [5.74, 6) is 0. The molecule has 0 aliphatic heterocycles. The highest BCUT2D eigenvalue weighted by Crippen LogP contribution is 2.36. The molecule has 0 aliphatic carbocycles. The highest BCUT2D eigenvalue weighted by molar-refractivity contribution is 9.10. The van der Waals surface area contributed by atoms with Crippen LogP contribution in [0.4, 0.5) is 8.78 Å². The van der Waals surface area contributed by atoms with Crippen LogP contribution < -0.4 is 0 Å². The first-order valence-electron chi connectivity index (χ1n) is 2.54. The minimum Gasteiger partial charge on any atom is -0.382 e. The first kappa shape index (κ1) is 9.97. The molecule has 2 nitrogen and oxygen atoms in total. The quantitative estimate of drug-likeness (QED) is 0.571. The third kappa shape index (κ3) is 2.30. The molecule has 0 amide bonds. The van der Waals surface area contributed by atoms with Crippen molar-refractivity contribution < 1.29 is 18.7 Å². The van der Waals surface area contributed by atoms with Crippen LogP contribution in [0.1, 0.15) is 13.3 Å². The van der Waals surface area contributed by atoms with Gasteiger partial charge in [0, 0.05) is 6.42 Å². The minimum absolute atomic E-state index is 0.245. The van der Waals surface area contributed by atoms with Gasteiger partial charge in [0.25, 0.3) is 0 Å². The van der Waals surface area contributed by atoms with Gasteiger partial charge in [0.2, 0.25) is 0 Å². The summed E-state index contributed by atoms with van der Waals surface area (Å²) in [5, 5.41) is 8.82. The minimum atomic E-state index is -3.42. The Labute approximate surface area is 65.4 Å². The van der Waals surface area contributed by atoms with Crippen molar-refractivity contribution in [1.82, 2.24) is 0 Å². The monoisotopic (exact) mass is 216 g/mol. The fraction of sp³-hybridized carbons (Fsp3) is 0.800. The maximum absolute atomic E-state index is 12.2. The van der Waals surface area contributed by atoms with E-state index >= 15 is 0 Å². The molecule has 0 fully saturated rings. The van der Waals surface area contributed by atoms with E-state index in [0.717, 1.165) is 6.92 Å². The molecule has 0 aliphatic rings. The molecule has 60 valence electrons. The summed E-state index contributed by atoms with van der Waals surface area (Å²) in [7, 11) is 0. The number of hydrogen-bond donors (Lipinski definition) is 1. The lowest BCUT2D eigenvalue weighted by Gasteiger charge is -2.25. The molecule has 0 radical (unpaired) electrons. The highest BCUT2D eigenvalue weighted by Gasteiger charge is 2.46. The summed E-state index contributed by atoms with van der Waals surface area (Å²) < 4.78 is 24.4. The summed E-state index contributed by atoms with van der Waals surface area (Å²) >= 11 is 1.96. The predicted octanol–water partition coefficient (Wildman–Crippen LogP) is 1.31. The van der Waals surface area contributed by atoms with Crippen molar-refractivity contribution in [2.75, 3.05) is 0 Å². The average molecular weight is 217 g/mol. The van der Waals surface area contributed by atoms with E-state index in [-0.39, 0.29) is 6.29 Å². The molecule has 0 rings (SSSR count). The van der Waals surface area contributed by atoms with Crippen LogP contribution in [0, 0.1) is 0 Å². The largest absolute Gasteiger partial charge is 0.382 e. The topological polar surface area (TPSA) is 37.3 Å². The summed E-state index contributed by atoms with van der Waals surface area (Å²) in [6.45, 7) is 0.885. The zero-order valence-corrected chi connectivity index (χ0v) is 6.86. The molecular weight excluding hydrogens is 210 g/mol. The lowest BCUT2D eigenvalue weighted by Crippen LogP contribution is -2.40.